The Labute approximate surface area is 133 Å². The van der Waals surface area contributed by atoms with Gasteiger partial charge in [-0.3, -0.25) is 4.79 Å². The summed E-state index contributed by atoms with van der Waals surface area (Å²) in [6.07, 6.45) is -0.815. The molecule has 0 spiro atoms. The zero-order valence-electron chi connectivity index (χ0n) is 12.7. The summed E-state index contributed by atoms with van der Waals surface area (Å²) in [4.78, 5) is 12.4. The first-order valence-corrected chi connectivity index (χ1v) is 7.52. The molecule has 0 aromatic heterocycles. The predicted molar refractivity (Wildman–Crippen MR) is 83.6 cm³/mol. The number of halogens is 1. The molecular weight excluding hydrogens is 297 g/mol. The zero-order chi connectivity index (χ0) is 16.4. The Hall–Kier alpha value is -2.40. The highest BCUT2D eigenvalue weighted by Gasteiger charge is 2.31. The molecule has 1 aliphatic rings. The van der Waals surface area contributed by atoms with Crippen molar-refractivity contribution in [2.24, 2.45) is 0 Å². The Morgan fingerprint density at radius 1 is 1.26 bits per heavy atom. The Morgan fingerprint density at radius 2 is 1.96 bits per heavy atom. The van der Waals surface area contributed by atoms with Gasteiger partial charge >= 0.3 is 0 Å². The third kappa shape index (κ3) is 3.19. The number of amides is 1. The average Bonchev–Trinajstić information content (AvgIpc) is 2.57. The van der Waals surface area contributed by atoms with Crippen LogP contribution in [0.3, 0.4) is 0 Å². The molecule has 3 atom stereocenters. The van der Waals surface area contributed by atoms with Crippen LogP contribution < -0.4 is 10.1 Å². The van der Waals surface area contributed by atoms with Crippen molar-refractivity contribution in [3.63, 3.8) is 0 Å². The SMILES string of the molecule is C[C@H](C(=O)NC1COc2ccccc2C1O)c1ccc(F)cc1. The lowest BCUT2D eigenvalue weighted by atomic mass is 9.96. The van der Waals surface area contributed by atoms with Gasteiger partial charge in [0, 0.05) is 5.56 Å². The summed E-state index contributed by atoms with van der Waals surface area (Å²) >= 11 is 0. The van der Waals surface area contributed by atoms with Crippen molar-refractivity contribution in [1.29, 1.82) is 0 Å². The second-order valence-electron chi connectivity index (χ2n) is 5.68. The van der Waals surface area contributed by atoms with Gasteiger partial charge in [-0.25, -0.2) is 4.39 Å². The lowest BCUT2D eigenvalue weighted by molar-refractivity contribution is -0.124. The van der Waals surface area contributed by atoms with E-state index in [-0.39, 0.29) is 18.3 Å². The molecule has 0 saturated carbocycles. The molecule has 3 rings (SSSR count). The van der Waals surface area contributed by atoms with Crippen LogP contribution in [-0.4, -0.2) is 23.7 Å². The lowest BCUT2D eigenvalue weighted by Gasteiger charge is -2.31. The average molecular weight is 315 g/mol. The Morgan fingerprint density at radius 3 is 2.70 bits per heavy atom. The van der Waals surface area contributed by atoms with Crippen LogP contribution in [0.2, 0.25) is 0 Å². The summed E-state index contributed by atoms with van der Waals surface area (Å²) in [6.45, 7) is 1.95. The number of carbonyl (C=O) groups excluding carboxylic acids is 1. The number of hydrogen-bond acceptors (Lipinski definition) is 3. The largest absolute Gasteiger partial charge is 0.491 e. The quantitative estimate of drug-likeness (QED) is 0.915. The van der Waals surface area contributed by atoms with Crippen LogP contribution in [0.4, 0.5) is 4.39 Å². The van der Waals surface area contributed by atoms with Crippen molar-refractivity contribution in [2.45, 2.75) is 25.0 Å². The number of hydrogen-bond donors (Lipinski definition) is 2. The van der Waals surface area contributed by atoms with Crippen LogP contribution in [0, 0.1) is 5.82 Å². The minimum Gasteiger partial charge on any atom is -0.491 e. The first kappa shape index (κ1) is 15.5. The van der Waals surface area contributed by atoms with Gasteiger partial charge in [-0.1, -0.05) is 30.3 Å². The van der Waals surface area contributed by atoms with Gasteiger partial charge in [-0.05, 0) is 30.7 Å². The molecule has 120 valence electrons. The standard InChI is InChI=1S/C18H18FNO3/c1-11(12-6-8-13(19)9-7-12)18(22)20-15-10-23-16-5-3-2-4-14(16)17(15)21/h2-9,11,15,17,21H,10H2,1H3,(H,20,22)/t11-,15?,17?/m0/s1. The van der Waals surface area contributed by atoms with Crippen molar-refractivity contribution in [3.05, 3.63) is 65.5 Å². The molecule has 2 unspecified atom stereocenters. The molecule has 23 heavy (non-hydrogen) atoms. The van der Waals surface area contributed by atoms with Gasteiger partial charge in [0.2, 0.25) is 5.91 Å². The maximum absolute atomic E-state index is 13.0. The number of para-hydroxylation sites is 1. The summed E-state index contributed by atoms with van der Waals surface area (Å²) < 4.78 is 18.5. The molecule has 2 N–H and O–H groups in total. The number of aliphatic hydroxyl groups excluding tert-OH is 1. The van der Waals surface area contributed by atoms with E-state index in [0.29, 0.717) is 11.3 Å². The van der Waals surface area contributed by atoms with Crippen LogP contribution in [0.1, 0.15) is 30.1 Å². The van der Waals surface area contributed by atoms with E-state index in [0.717, 1.165) is 5.56 Å². The molecule has 1 heterocycles. The van der Waals surface area contributed by atoms with Crippen LogP contribution in [0.15, 0.2) is 48.5 Å². The lowest BCUT2D eigenvalue weighted by Crippen LogP contribution is -2.46. The molecule has 0 aliphatic carbocycles. The van der Waals surface area contributed by atoms with E-state index >= 15 is 0 Å². The van der Waals surface area contributed by atoms with Crippen LogP contribution in [0.5, 0.6) is 5.75 Å². The first-order chi connectivity index (χ1) is 11.1. The molecular formula is C18H18FNO3. The van der Waals surface area contributed by atoms with E-state index in [2.05, 4.69) is 5.32 Å². The molecule has 5 heteroatoms. The number of ether oxygens (including phenoxy) is 1. The van der Waals surface area contributed by atoms with Gasteiger partial charge in [-0.15, -0.1) is 0 Å². The molecule has 0 fully saturated rings. The normalized spacial score (nSPS) is 21.0. The van der Waals surface area contributed by atoms with Gasteiger partial charge in [0.15, 0.2) is 0 Å². The molecule has 1 aliphatic heterocycles. The number of aliphatic hydroxyl groups is 1. The monoisotopic (exact) mass is 315 g/mol. The van der Waals surface area contributed by atoms with E-state index in [1.54, 1.807) is 31.2 Å². The second kappa shape index (κ2) is 6.38. The predicted octanol–water partition coefficient (Wildman–Crippen LogP) is 2.54. The molecule has 0 radical (unpaired) electrons. The van der Waals surface area contributed by atoms with Gasteiger partial charge in [0.25, 0.3) is 0 Å². The van der Waals surface area contributed by atoms with Crippen LogP contribution in [-0.2, 0) is 4.79 Å². The zero-order valence-corrected chi connectivity index (χ0v) is 12.7. The molecule has 1 amide bonds. The van der Waals surface area contributed by atoms with Crippen molar-refractivity contribution in [3.8, 4) is 5.75 Å². The molecule has 4 nitrogen and oxygen atoms in total. The Kier molecular flexibility index (Phi) is 4.30. The molecule has 0 bridgehead atoms. The molecule has 2 aromatic rings. The summed E-state index contributed by atoms with van der Waals surface area (Å²) in [5.74, 6) is -0.380. The fourth-order valence-corrected chi connectivity index (χ4v) is 2.67. The van der Waals surface area contributed by atoms with Crippen molar-refractivity contribution < 1.29 is 19.0 Å². The molecule has 0 saturated heterocycles. The molecule has 2 aromatic carbocycles. The van der Waals surface area contributed by atoms with Crippen molar-refractivity contribution >= 4 is 5.91 Å². The van der Waals surface area contributed by atoms with Gasteiger partial charge in [-0.2, -0.15) is 0 Å². The van der Waals surface area contributed by atoms with Crippen molar-refractivity contribution in [2.75, 3.05) is 6.61 Å². The third-order valence-corrected chi connectivity index (χ3v) is 4.13. The maximum atomic E-state index is 13.0. The summed E-state index contributed by atoms with van der Waals surface area (Å²) in [5.41, 5.74) is 1.38. The summed E-state index contributed by atoms with van der Waals surface area (Å²) in [5, 5.41) is 13.2. The summed E-state index contributed by atoms with van der Waals surface area (Å²) in [7, 11) is 0. The van der Waals surface area contributed by atoms with E-state index in [1.807, 2.05) is 12.1 Å². The number of nitrogens with one attached hydrogen (secondary N) is 1. The van der Waals surface area contributed by atoms with E-state index < -0.39 is 18.1 Å². The van der Waals surface area contributed by atoms with Crippen LogP contribution in [0.25, 0.3) is 0 Å². The van der Waals surface area contributed by atoms with E-state index in [9.17, 15) is 14.3 Å². The number of carbonyl (C=O) groups is 1. The topological polar surface area (TPSA) is 58.6 Å². The highest BCUT2D eigenvalue weighted by molar-refractivity contribution is 5.83. The Balaban J connectivity index is 1.70. The summed E-state index contributed by atoms with van der Waals surface area (Å²) in [6, 6.07) is 12.5. The fraction of sp³-hybridized carbons (Fsp3) is 0.278. The number of benzene rings is 2. The number of fused-ring (bicyclic) bond motifs is 1. The third-order valence-electron chi connectivity index (χ3n) is 4.13. The Bertz CT molecular complexity index is 702. The van der Waals surface area contributed by atoms with Gasteiger partial charge < -0.3 is 15.2 Å². The first-order valence-electron chi connectivity index (χ1n) is 7.52. The minimum atomic E-state index is -0.815. The fourth-order valence-electron chi connectivity index (χ4n) is 2.67. The number of rotatable bonds is 3. The minimum absolute atomic E-state index is 0.208. The van der Waals surface area contributed by atoms with E-state index in [4.69, 9.17) is 4.74 Å². The van der Waals surface area contributed by atoms with Gasteiger partial charge in [0.1, 0.15) is 24.3 Å². The van der Waals surface area contributed by atoms with Crippen LogP contribution >= 0.6 is 0 Å². The van der Waals surface area contributed by atoms with Gasteiger partial charge in [0.05, 0.1) is 12.0 Å². The second-order valence-corrected chi connectivity index (χ2v) is 5.68. The smallest absolute Gasteiger partial charge is 0.227 e. The van der Waals surface area contributed by atoms with Crippen molar-refractivity contribution in [1.82, 2.24) is 5.32 Å². The maximum Gasteiger partial charge on any atom is 0.227 e. The van der Waals surface area contributed by atoms with E-state index in [1.165, 1.54) is 12.1 Å². The highest BCUT2D eigenvalue weighted by atomic mass is 19.1. The highest BCUT2D eigenvalue weighted by Crippen LogP contribution is 2.32.